The molecule has 0 aliphatic carbocycles. The average Bonchev–Trinajstić information content (AvgIpc) is 2.67. The molecular weight excluding hydrogens is 358 g/mol. The van der Waals surface area contributed by atoms with Crippen LogP contribution in [0.5, 0.6) is 5.75 Å². The summed E-state index contributed by atoms with van der Waals surface area (Å²) in [6, 6.07) is 15.6. The molecule has 2 N–H and O–H groups in total. The van der Waals surface area contributed by atoms with Gasteiger partial charge in [0.1, 0.15) is 16.9 Å². The monoisotopic (exact) mass is 381 g/mol. The molecule has 0 unspecified atom stereocenters. The molecule has 3 aromatic rings. The Morgan fingerprint density at radius 2 is 1.89 bits per heavy atom. The van der Waals surface area contributed by atoms with Crippen LogP contribution in [0, 0.1) is 0 Å². The number of hydrogen-bond acceptors (Lipinski definition) is 5. The molecule has 1 heterocycles. The van der Waals surface area contributed by atoms with Crippen LogP contribution >= 0.6 is 0 Å². The summed E-state index contributed by atoms with van der Waals surface area (Å²) >= 11 is 0. The van der Waals surface area contributed by atoms with E-state index in [2.05, 4.69) is 5.32 Å². The molecule has 3 rings (SSSR count). The van der Waals surface area contributed by atoms with Crippen LogP contribution in [0.3, 0.4) is 0 Å². The van der Waals surface area contributed by atoms with Gasteiger partial charge in [0.05, 0.1) is 18.8 Å². The lowest BCUT2D eigenvalue weighted by molar-refractivity contribution is 0.0913. The molecule has 0 spiro atoms. The number of carbonyl (C=O) groups excluding carboxylic acids is 1. The molecule has 0 aliphatic heterocycles. The number of hydrogen-bond donors (Lipinski definition) is 2. The predicted octanol–water partition coefficient (Wildman–Crippen LogP) is 2.91. The van der Waals surface area contributed by atoms with E-state index < -0.39 is 17.6 Å². The van der Waals surface area contributed by atoms with Crippen molar-refractivity contribution in [3.63, 3.8) is 0 Å². The van der Waals surface area contributed by atoms with Crippen LogP contribution < -0.4 is 15.7 Å². The van der Waals surface area contributed by atoms with Crippen molar-refractivity contribution in [3.8, 4) is 5.75 Å². The summed E-state index contributed by atoms with van der Waals surface area (Å²) < 4.78 is 10.9. The maximum absolute atomic E-state index is 12.6. The van der Waals surface area contributed by atoms with Crippen LogP contribution in [0.25, 0.3) is 11.0 Å². The molecule has 6 nitrogen and oxygen atoms in total. The van der Waals surface area contributed by atoms with Crippen molar-refractivity contribution >= 4 is 16.9 Å². The topological polar surface area (TPSA) is 88.8 Å². The lowest BCUT2D eigenvalue weighted by atomic mass is 10.1. The van der Waals surface area contributed by atoms with Gasteiger partial charge in [-0.1, -0.05) is 30.3 Å². The lowest BCUT2D eigenvalue weighted by Gasteiger charge is -2.16. The third-order valence-electron chi connectivity index (χ3n) is 4.20. The summed E-state index contributed by atoms with van der Waals surface area (Å²) in [5.74, 6) is 0.0131. The van der Waals surface area contributed by atoms with Gasteiger partial charge in [0, 0.05) is 11.5 Å². The summed E-state index contributed by atoms with van der Waals surface area (Å²) in [7, 11) is 0. The zero-order valence-electron chi connectivity index (χ0n) is 15.8. The van der Waals surface area contributed by atoms with Crippen molar-refractivity contribution in [1.82, 2.24) is 5.32 Å². The second-order valence-electron chi connectivity index (χ2n) is 6.86. The largest absolute Gasteiger partial charge is 0.491 e. The van der Waals surface area contributed by atoms with Crippen LogP contribution in [0.2, 0.25) is 0 Å². The van der Waals surface area contributed by atoms with Crippen LogP contribution in [-0.4, -0.2) is 29.8 Å². The zero-order chi connectivity index (χ0) is 20.1. The molecule has 1 amide bonds. The van der Waals surface area contributed by atoms with E-state index >= 15 is 0 Å². The van der Waals surface area contributed by atoms with E-state index in [-0.39, 0.29) is 18.3 Å². The van der Waals surface area contributed by atoms with E-state index in [1.54, 1.807) is 18.2 Å². The van der Waals surface area contributed by atoms with Crippen LogP contribution in [0.15, 0.2) is 63.8 Å². The van der Waals surface area contributed by atoms with Crippen LogP contribution in [0.4, 0.5) is 0 Å². The summed E-state index contributed by atoms with van der Waals surface area (Å²) in [4.78, 5) is 24.9. The first-order chi connectivity index (χ1) is 13.5. The fourth-order valence-corrected chi connectivity index (χ4v) is 2.92. The van der Waals surface area contributed by atoms with Crippen molar-refractivity contribution in [3.05, 3.63) is 76.1 Å². The third-order valence-corrected chi connectivity index (χ3v) is 4.20. The maximum Gasteiger partial charge on any atom is 0.349 e. The first kappa shape index (κ1) is 19.6. The normalized spacial score (nSPS) is 12.1. The minimum atomic E-state index is -0.733. The molecule has 0 radical (unpaired) electrons. The highest BCUT2D eigenvalue weighted by molar-refractivity contribution is 5.96. The summed E-state index contributed by atoms with van der Waals surface area (Å²) in [5, 5.41) is 12.9. The molecule has 0 saturated heterocycles. The van der Waals surface area contributed by atoms with Crippen LogP contribution in [-0.2, 0) is 6.42 Å². The predicted molar refractivity (Wildman–Crippen MR) is 107 cm³/mol. The smallest absolute Gasteiger partial charge is 0.349 e. The Morgan fingerprint density at radius 1 is 1.14 bits per heavy atom. The quantitative estimate of drug-likeness (QED) is 0.615. The Hall–Kier alpha value is -3.12. The van der Waals surface area contributed by atoms with Gasteiger partial charge in [-0.15, -0.1) is 0 Å². The van der Waals surface area contributed by atoms with Gasteiger partial charge < -0.3 is 19.6 Å². The maximum atomic E-state index is 12.6. The number of rotatable bonds is 7. The Labute approximate surface area is 162 Å². The molecule has 6 heteroatoms. The molecule has 1 atom stereocenters. The van der Waals surface area contributed by atoms with E-state index in [1.165, 1.54) is 6.07 Å². The van der Waals surface area contributed by atoms with Gasteiger partial charge in [0.15, 0.2) is 0 Å². The lowest BCUT2D eigenvalue weighted by Crippen LogP contribution is -2.40. The SMILES string of the molecule is CC(C)Oc1ccc2cc(C(=O)N[C@@H](CO)Cc3ccccc3)c(=O)oc2c1. The molecule has 146 valence electrons. The number of benzene rings is 2. The van der Waals surface area contributed by atoms with Crippen LogP contribution in [0.1, 0.15) is 29.8 Å². The summed E-state index contributed by atoms with van der Waals surface area (Å²) in [5.41, 5.74) is 0.493. The standard InChI is InChI=1S/C22H23NO5/c1-14(2)27-18-9-8-16-11-19(22(26)28-20(16)12-18)21(25)23-17(13-24)10-15-6-4-3-5-7-15/h3-9,11-12,14,17,24H,10,13H2,1-2H3,(H,23,25)/t17-/m1/s1. The first-order valence-corrected chi connectivity index (χ1v) is 9.16. The number of ether oxygens (including phenoxy) is 1. The Morgan fingerprint density at radius 3 is 2.57 bits per heavy atom. The minimum Gasteiger partial charge on any atom is -0.491 e. The number of nitrogens with one attached hydrogen (secondary N) is 1. The summed E-state index contributed by atoms with van der Waals surface area (Å²) in [6.07, 6.45) is 0.451. The van der Waals surface area contributed by atoms with Gasteiger partial charge in [-0.2, -0.15) is 0 Å². The van der Waals surface area contributed by atoms with Gasteiger partial charge >= 0.3 is 5.63 Å². The Bertz CT molecular complexity index is 1010. The highest BCUT2D eigenvalue weighted by Crippen LogP contribution is 2.21. The highest BCUT2D eigenvalue weighted by Gasteiger charge is 2.18. The molecular formula is C22H23NO5. The van der Waals surface area contributed by atoms with E-state index in [9.17, 15) is 14.7 Å². The van der Waals surface area contributed by atoms with Gasteiger partial charge in [0.2, 0.25) is 0 Å². The van der Waals surface area contributed by atoms with Crippen molar-refractivity contribution in [2.24, 2.45) is 0 Å². The second kappa shape index (κ2) is 8.71. The highest BCUT2D eigenvalue weighted by atomic mass is 16.5. The molecule has 2 aromatic carbocycles. The van der Waals surface area contributed by atoms with Crippen molar-refractivity contribution < 1.29 is 19.1 Å². The average molecular weight is 381 g/mol. The molecule has 28 heavy (non-hydrogen) atoms. The molecule has 0 fully saturated rings. The van der Waals surface area contributed by atoms with Crippen molar-refractivity contribution in [2.45, 2.75) is 32.4 Å². The van der Waals surface area contributed by atoms with Crippen molar-refractivity contribution in [1.29, 1.82) is 0 Å². The van der Waals surface area contributed by atoms with E-state index in [4.69, 9.17) is 9.15 Å². The van der Waals surface area contributed by atoms with E-state index in [0.29, 0.717) is 23.1 Å². The summed E-state index contributed by atoms with van der Waals surface area (Å²) in [6.45, 7) is 3.57. The zero-order valence-corrected chi connectivity index (χ0v) is 15.8. The number of amides is 1. The molecule has 0 bridgehead atoms. The molecule has 0 saturated carbocycles. The molecule has 0 aliphatic rings. The van der Waals surface area contributed by atoms with Crippen molar-refractivity contribution in [2.75, 3.05) is 6.61 Å². The number of aliphatic hydroxyl groups is 1. The second-order valence-corrected chi connectivity index (χ2v) is 6.86. The Balaban J connectivity index is 1.80. The van der Waals surface area contributed by atoms with Gasteiger partial charge in [-0.05, 0) is 44.0 Å². The Kier molecular flexibility index (Phi) is 6.11. The third kappa shape index (κ3) is 4.78. The number of aliphatic hydroxyl groups excluding tert-OH is 1. The number of fused-ring (bicyclic) bond motifs is 1. The van der Waals surface area contributed by atoms with E-state index in [0.717, 1.165) is 5.56 Å². The number of carbonyl (C=O) groups is 1. The van der Waals surface area contributed by atoms with E-state index in [1.807, 2.05) is 44.2 Å². The fraction of sp³-hybridized carbons (Fsp3) is 0.273. The molecule has 1 aromatic heterocycles. The van der Waals surface area contributed by atoms with Gasteiger partial charge in [0.25, 0.3) is 5.91 Å². The fourth-order valence-electron chi connectivity index (χ4n) is 2.92. The first-order valence-electron chi connectivity index (χ1n) is 9.16. The van der Waals surface area contributed by atoms with Gasteiger partial charge in [-0.3, -0.25) is 4.79 Å². The van der Waals surface area contributed by atoms with Gasteiger partial charge in [-0.25, -0.2) is 4.79 Å². The minimum absolute atomic E-state index is 0.00532.